The molecule has 0 aliphatic heterocycles. The molecule has 0 aromatic carbocycles. The predicted octanol–water partition coefficient (Wildman–Crippen LogP) is 2.49. The summed E-state index contributed by atoms with van der Waals surface area (Å²) in [7, 11) is 2.06. The summed E-state index contributed by atoms with van der Waals surface area (Å²) in [6, 6.07) is 10.2. The van der Waals surface area contributed by atoms with Gasteiger partial charge in [0, 0.05) is 24.7 Å². The Bertz CT molecular complexity index is 672. The number of aromatic nitrogens is 2. The van der Waals surface area contributed by atoms with Gasteiger partial charge in [-0.3, -0.25) is 0 Å². The highest BCUT2D eigenvalue weighted by atomic mass is 32.1. The lowest BCUT2D eigenvalue weighted by Gasteiger charge is -2.17. The molecule has 0 aliphatic carbocycles. The topological polar surface area (TPSA) is 46.6 Å². The molecule has 19 heavy (non-hydrogen) atoms. The maximum Gasteiger partial charge on any atom is 0.152 e. The smallest absolute Gasteiger partial charge is 0.152 e. The molecule has 3 heterocycles. The zero-order chi connectivity index (χ0) is 13.2. The number of nitrogens with zero attached hydrogens (tertiary/aromatic N) is 3. The van der Waals surface area contributed by atoms with Crippen LogP contribution < -0.4 is 10.6 Å². The Labute approximate surface area is 116 Å². The van der Waals surface area contributed by atoms with Gasteiger partial charge in [-0.15, -0.1) is 11.3 Å². The minimum atomic E-state index is 0.481. The Morgan fingerprint density at radius 3 is 2.95 bits per heavy atom. The fraction of sp³-hybridized carbons (Fsp3) is 0.214. The van der Waals surface area contributed by atoms with E-state index < -0.39 is 0 Å². The van der Waals surface area contributed by atoms with E-state index in [2.05, 4.69) is 38.8 Å². The number of nitrogens with two attached hydrogens (primary N) is 1. The summed E-state index contributed by atoms with van der Waals surface area (Å²) in [5, 5.41) is 2.09. The van der Waals surface area contributed by atoms with Crippen LogP contribution in [-0.4, -0.2) is 16.4 Å². The zero-order valence-corrected chi connectivity index (χ0v) is 11.6. The minimum absolute atomic E-state index is 0.481. The van der Waals surface area contributed by atoms with E-state index in [1.54, 1.807) is 11.3 Å². The van der Waals surface area contributed by atoms with Crippen molar-refractivity contribution >= 4 is 22.8 Å². The van der Waals surface area contributed by atoms with Gasteiger partial charge >= 0.3 is 0 Å². The SMILES string of the molecule is CN(Cc1cccs1)c1nc2ccccn2c1CN. The Hall–Kier alpha value is -1.85. The number of fused-ring (bicyclic) bond motifs is 1. The Kier molecular flexibility index (Phi) is 3.23. The van der Waals surface area contributed by atoms with Gasteiger partial charge in [-0.25, -0.2) is 4.98 Å². The van der Waals surface area contributed by atoms with Gasteiger partial charge in [-0.1, -0.05) is 12.1 Å². The maximum absolute atomic E-state index is 5.89. The summed E-state index contributed by atoms with van der Waals surface area (Å²) in [6.45, 7) is 1.34. The molecule has 0 bridgehead atoms. The quantitative estimate of drug-likeness (QED) is 0.793. The van der Waals surface area contributed by atoms with Gasteiger partial charge < -0.3 is 15.0 Å². The van der Waals surface area contributed by atoms with Crippen LogP contribution in [0.4, 0.5) is 5.82 Å². The Morgan fingerprint density at radius 2 is 2.21 bits per heavy atom. The molecule has 0 saturated heterocycles. The van der Waals surface area contributed by atoms with E-state index >= 15 is 0 Å². The molecule has 0 spiro atoms. The molecule has 0 unspecified atom stereocenters. The van der Waals surface area contributed by atoms with Gasteiger partial charge in [0.25, 0.3) is 0 Å². The molecule has 0 amide bonds. The second kappa shape index (κ2) is 5.03. The maximum atomic E-state index is 5.89. The van der Waals surface area contributed by atoms with Crippen LogP contribution in [0.3, 0.4) is 0 Å². The van der Waals surface area contributed by atoms with Gasteiger partial charge in [0.05, 0.1) is 12.2 Å². The van der Waals surface area contributed by atoms with Crippen LogP contribution in [0.15, 0.2) is 41.9 Å². The summed E-state index contributed by atoms with van der Waals surface area (Å²) < 4.78 is 2.06. The van der Waals surface area contributed by atoms with Crippen LogP contribution in [-0.2, 0) is 13.1 Å². The van der Waals surface area contributed by atoms with Gasteiger partial charge in [0.1, 0.15) is 5.65 Å². The van der Waals surface area contributed by atoms with Crippen LogP contribution in [0.2, 0.25) is 0 Å². The van der Waals surface area contributed by atoms with Crippen LogP contribution in [0.5, 0.6) is 0 Å². The third-order valence-corrected chi connectivity index (χ3v) is 4.00. The van der Waals surface area contributed by atoms with E-state index in [9.17, 15) is 0 Å². The molecule has 0 fully saturated rings. The van der Waals surface area contributed by atoms with Crippen LogP contribution in [0.1, 0.15) is 10.6 Å². The molecule has 2 N–H and O–H groups in total. The predicted molar refractivity (Wildman–Crippen MR) is 79.5 cm³/mol. The molecule has 3 aromatic rings. The van der Waals surface area contributed by atoms with Crippen molar-refractivity contribution in [2.24, 2.45) is 5.73 Å². The molecule has 4 nitrogen and oxygen atoms in total. The van der Waals surface area contributed by atoms with E-state index in [4.69, 9.17) is 5.73 Å². The van der Waals surface area contributed by atoms with Gasteiger partial charge in [0.15, 0.2) is 5.82 Å². The third kappa shape index (κ3) is 2.22. The summed E-state index contributed by atoms with van der Waals surface area (Å²) in [5.41, 5.74) is 7.88. The van der Waals surface area contributed by atoms with Crippen molar-refractivity contribution in [1.82, 2.24) is 9.38 Å². The summed E-state index contributed by atoms with van der Waals surface area (Å²) in [5.74, 6) is 0.960. The molecule has 0 radical (unpaired) electrons. The van der Waals surface area contributed by atoms with Crippen molar-refractivity contribution in [3.05, 3.63) is 52.5 Å². The Balaban J connectivity index is 1.99. The molecule has 0 saturated carbocycles. The standard InChI is InChI=1S/C14H16N4S/c1-17(10-11-5-4-8-19-11)14-12(9-15)18-7-3-2-6-13(18)16-14/h2-8H,9-10,15H2,1H3. The monoisotopic (exact) mass is 272 g/mol. The fourth-order valence-electron chi connectivity index (χ4n) is 2.24. The molecule has 3 aromatic heterocycles. The van der Waals surface area contributed by atoms with E-state index in [-0.39, 0.29) is 0 Å². The number of hydrogen-bond acceptors (Lipinski definition) is 4. The zero-order valence-electron chi connectivity index (χ0n) is 10.8. The first-order valence-corrected chi connectivity index (χ1v) is 7.07. The minimum Gasteiger partial charge on any atom is -0.353 e. The number of anilines is 1. The molecule has 3 rings (SSSR count). The average Bonchev–Trinajstić information content (AvgIpc) is 3.04. The van der Waals surface area contributed by atoms with E-state index in [0.29, 0.717) is 6.54 Å². The van der Waals surface area contributed by atoms with Crippen molar-refractivity contribution in [2.75, 3.05) is 11.9 Å². The van der Waals surface area contributed by atoms with E-state index in [1.807, 2.05) is 24.4 Å². The molecule has 0 aliphatic rings. The normalized spacial score (nSPS) is 11.1. The van der Waals surface area contributed by atoms with Crippen molar-refractivity contribution < 1.29 is 0 Å². The van der Waals surface area contributed by atoms with Crippen molar-refractivity contribution in [3.63, 3.8) is 0 Å². The van der Waals surface area contributed by atoms with Crippen molar-refractivity contribution in [1.29, 1.82) is 0 Å². The second-order valence-electron chi connectivity index (χ2n) is 4.45. The second-order valence-corrected chi connectivity index (χ2v) is 5.48. The van der Waals surface area contributed by atoms with Gasteiger partial charge in [0.2, 0.25) is 0 Å². The highest BCUT2D eigenvalue weighted by molar-refractivity contribution is 7.09. The number of rotatable bonds is 4. The number of imidazole rings is 1. The largest absolute Gasteiger partial charge is 0.353 e. The lowest BCUT2D eigenvalue weighted by Crippen LogP contribution is -2.18. The lowest BCUT2D eigenvalue weighted by molar-refractivity contribution is 0.883. The average molecular weight is 272 g/mol. The van der Waals surface area contributed by atoms with Crippen LogP contribution >= 0.6 is 11.3 Å². The first-order chi connectivity index (χ1) is 9.29. The van der Waals surface area contributed by atoms with Crippen LogP contribution in [0.25, 0.3) is 5.65 Å². The van der Waals surface area contributed by atoms with Crippen molar-refractivity contribution in [2.45, 2.75) is 13.1 Å². The molecular weight excluding hydrogens is 256 g/mol. The first-order valence-electron chi connectivity index (χ1n) is 6.19. The third-order valence-electron chi connectivity index (χ3n) is 3.14. The van der Waals surface area contributed by atoms with Crippen molar-refractivity contribution in [3.8, 4) is 0 Å². The lowest BCUT2D eigenvalue weighted by atomic mass is 10.3. The van der Waals surface area contributed by atoms with E-state index in [1.165, 1.54) is 4.88 Å². The highest BCUT2D eigenvalue weighted by Crippen LogP contribution is 2.23. The number of hydrogen-bond donors (Lipinski definition) is 1. The van der Waals surface area contributed by atoms with Gasteiger partial charge in [-0.05, 0) is 23.6 Å². The summed E-state index contributed by atoms with van der Waals surface area (Å²) in [6.07, 6.45) is 2.01. The molecule has 98 valence electrons. The fourth-order valence-corrected chi connectivity index (χ4v) is 3.00. The highest BCUT2D eigenvalue weighted by Gasteiger charge is 2.14. The Morgan fingerprint density at radius 1 is 1.32 bits per heavy atom. The molecule has 5 heteroatoms. The van der Waals surface area contributed by atoms with Gasteiger partial charge in [-0.2, -0.15) is 0 Å². The first kappa shape index (κ1) is 12.2. The van der Waals surface area contributed by atoms with Crippen LogP contribution in [0, 0.1) is 0 Å². The summed E-state index contributed by atoms with van der Waals surface area (Å²) >= 11 is 1.76. The van der Waals surface area contributed by atoms with E-state index in [0.717, 1.165) is 23.7 Å². The number of thiophene rings is 1. The molecule has 0 atom stereocenters. The number of pyridine rings is 1. The molecular formula is C14H16N4S. The summed E-state index contributed by atoms with van der Waals surface area (Å²) in [4.78, 5) is 8.15.